The molecule has 2 bridgehead atoms. The maximum atomic E-state index is 13.9. The number of halogens is 4. The summed E-state index contributed by atoms with van der Waals surface area (Å²) < 4.78 is 54.0. The molecule has 1 saturated heterocycles. The number of anilines is 1. The predicted molar refractivity (Wildman–Crippen MR) is 80.8 cm³/mol. The molecule has 0 radical (unpaired) electrons. The van der Waals surface area contributed by atoms with Gasteiger partial charge in [0.25, 0.3) is 0 Å². The molecule has 1 aromatic carbocycles. The molecule has 0 aliphatic carbocycles. The van der Waals surface area contributed by atoms with Gasteiger partial charge in [0.05, 0.1) is 11.7 Å². The molecule has 1 fully saturated rings. The van der Waals surface area contributed by atoms with Gasteiger partial charge in [0.2, 0.25) is 5.95 Å². The number of hydrogen-bond donors (Lipinski definition) is 1. The number of amides is 2. The van der Waals surface area contributed by atoms with Crippen molar-refractivity contribution in [1.82, 2.24) is 9.88 Å². The summed E-state index contributed by atoms with van der Waals surface area (Å²) in [7, 11) is 0. The average molecular weight is 351 g/mol. The molecule has 2 atom stereocenters. The zero-order valence-electron chi connectivity index (χ0n) is 12.9. The summed E-state index contributed by atoms with van der Waals surface area (Å²) in [6, 6.07) is 2.16. The van der Waals surface area contributed by atoms with Gasteiger partial charge in [-0.25, -0.2) is 22.9 Å². The van der Waals surface area contributed by atoms with E-state index in [0.29, 0.717) is 30.4 Å². The first-order chi connectivity index (χ1) is 12.0. The number of pyridine rings is 1. The lowest BCUT2D eigenvalue weighted by Crippen LogP contribution is -2.44. The number of carbonyl (C=O) groups is 1. The molecule has 25 heavy (non-hydrogen) atoms. The zero-order chi connectivity index (χ0) is 17.7. The Morgan fingerprint density at radius 2 is 1.92 bits per heavy atom. The lowest BCUT2D eigenvalue weighted by Gasteiger charge is -2.36. The van der Waals surface area contributed by atoms with Gasteiger partial charge >= 0.3 is 6.03 Å². The molecule has 1 aromatic heterocycles. The maximum Gasteiger partial charge on any atom is 0.322 e. The second-order valence-electron chi connectivity index (χ2n) is 6.18. The van der Waals surface area contributed by atoms with Crippen LogP contribution in [0.4, 0.5) is 28.0 Å². The van der Waals surface area contributed by atoms with Crippen molar-refractivity contribution < 1.29 is 22.4 Å². The number of nitrogens with one attached hydrogen (secondary N) is 1. The number of fused-ring (bicyclic) bond motifs is 4. The van der Waals surface area contributed by atoms with Crippen LogP contribution in [0.5, 0.6) is 0 Å². The van der Waals surface area contributed by atoms with Crippen molar-refractivity contribution in [3.63, 3.8) is 0 Å². The number of aromatic nitrogens is 1. The van der Waals surface area contributed by atoms with Crippen LogP contribution in [0, 0.1) is 23.4 Å². The average Bonchev–Trinajstić information content (AvgIpc) is 2.92. The third-order valence-corrected chi connectivity index (χ3v) is 4.85. The SMILES string of the molecule is O=C(Nc1ccc(F)c(F)c1F)N1C2CCC1c1ccnc(F)c1C2. The van der Waals surface area contributed by atoms with Crippen LogP contribution in [-0.2, 0) is 6.42 Å². The van der Waals surface area contributed by atoms with Gasteiger partial charge in [-0.05, 0) is 43.0 Å². The maximum absolute atomic E-state index is 13.9. The Hall–Kier alpha value is -2.64. The molecule has 2 unspecified atom stereocenters. The third kappa shape index (κ3) is 2.43. The number of hydrogen-bond acceptors (Lipinski definition) is 2. The summed E-state index contributed by atoms with van der Waals surface area (Å²) in [5.41, 5.74) is 0.746. The summed E-state index contributed by atoms with van der Waals surface area (Å²) in [5.74, 6) is -4.96. The second-order valence-corrected chi connectivity index (χ2v) is 6.18. The van der Waals surface area contributed by atoms with Gasteiger partial charge < -0.3 is 10.2 Å². The summed E-state index contributed by atoms with van der Waals surface area (Å²) >= 11 is 0. The van der Waals surface area contributed by atoms with Gasteiger partial charge in [-0.2, -0.15) is 4.39 Å². The van der Waals surface area contributed by atoms with Crippen LogP contribution < -0.4 is 5.32 Å². The molecule has 0 spiro atoms. The predicted octanol–water partition coefficient (Wildman–Crippen LogP) is 3.93. The number of benzene rings is 1. The summed E-state index contributed by atoms with van der Waals surface area (Å²) in [4.78, 5) is 17.8. The Kier molecular flexibility index (Phi) is 3.63. The van der Waals surface area contributed by atoms with Crippen molar-refractivity contribution in [3.05, 3.63) is 58.9 Å². The molecule has 2 aromatic rings. The molecule has 3 heterocycles. The van der Waals surface area contributed by atoms with E-state index < -0.39 is 35.1 Å². The van der Waals surface area contributed by atoms with E-state index in [1.165, 1.54) is 11.1 Å². The van der Waals surface area contributed by atoms with Gasteiger partial charge in [0, 0.05) is 17.8 Å². The summed E-state index contributed by atoms with van der Waals surface area (Å²) in [5, 5.41) is 2.29. The Morgan fingerprint density at radius 3 is 2.72 bits per heavy atom. The largest absolute Gasteiger partial charge is 0.322 e. The molecular formula is C17H13F4N3O. The minimum absolute atomic E-state index is 0.246. The molecule has 1 N–H and O–H groups in total. The lowest BCUT2D eigenvalue weighted by atomic mass is 9.95. The van der Waals surface area contributed by atoms with E-state index in [9.17, 15) is 22.4 Å². The number of rotatable bonds is 1. The van der Waals surface area contributed by atoms with E-state index in [-0.39, 0.29) is 12.1 Å². The number of carbonyl (C=O) groups excluding carboxylic acids is 1. The van der Waals surface area contributed by atoms with E-state index in [4.69, 9.17) is 0 Å². The number of urea groups is 1. The Bertz CT molecular complexity index is 873. The first kappa shape index (κ1) is 15.9. The molecule has 2 aliphatic heterocycles. The van der Waals surface area contributed by atoms with E-state index in [0.717, 1.165) is 12.1 Å². The molecule has 2 aliphatic rings. The minimum Gasteiger partial charge on any atom is -0.314 e. The number of nitrogens with zero attached hydrogens (tertiary/aromatic N) is 2. The fourth-order valence-corrected chi connectivity index (χ4v) is 3.73. The van der Waals surface area contributed by atoms with Gasteiger partial charge in [0.1, 0.15) is 0 Å². The Balaban J connectivity index is 1.63. The van der Waals surface area contributed by atoms with Crippen molar-refractivity contribution in [3.8, 4) is 0 Å². The normalized spacial score (nSPS) is 21.2. The first-order valence-corrected chi connectivity index (χ1v) is 7.83. The third-order valence-electron chi connectivity index (χ3n) is 4.85. The molecule has 4 nitrogen and oxygen atoms in total. The van der Waals surface area contributed by atoms with Crippen molar-refractivity contribution >= 4 is 11.7 Å². The fourth-order valence-electron chi connectivity index (χ4n) is 3.73. The van der Waals surface area contributed by atoms with Crippen LogP contribution in [0.25, 0.3) is 0 Å². The Labute approximate surface area is 140 Å². The minimum atomic E-state index is -1.64. The Morgan fingerprint density at radius 1 is 1.12 bits per heavy atom. The molecule has 0 saturated carbocycles. The van der Waals surface area contributed by atoms with Gasteiger partial charge in [-0.3, -0.25) is 0 Å². The van der Waals surface area contributed by atoms with E-state index >= 15 is 0 Å². The van der Waals surface area contributed by atoms with Gasteiger partial charge in [-0.15, -0.1) is 0 Å². The second kappa shape index (κ2) is 5.72. The van der Waals surface area contributed by atoms with Crippen molar-refractivity contribution in [2.75, 3.05) is 5.32 Å². The molecule has 2 amide bonds. The molecular weight excluding hydrogens is 338 g/mol. The monoisotopic (exact) mass is 351 g/mol. The van der Waals surface area contributed by atoms with Crippen LogP contribution in [0.2, 0.25) is 0 Å². The molecule has 8 heteroatoms. The fraction of sp³-hybridized carbons (Fsp3) is 0.294. The lowest BCUT2D eigenvalue weighted by molar-refractivity contribution is 0.178. The van der Waals surface area contributed by atoms with Crippen LogP contribution in [-0.4, -0.2) is 22.0 Å². The van der Waals surface area contributed by atoms with Crippen LogP contribution >= 0.6 is 0 Å². The zero-order valence-corrected chi connectivity index (χ0v) is 12.9. The summed E-state index contributed by atoms with van der Waals surface area (Å²) in [6.45, 7) is 0. The smallest absolute Gasteiger partial charge is 0.314 e. The highest BCUT2D eigenvalue weighted by atomic mass is 19.2. The van der Waals surface area contributed by atoms with E-state index in [1.807, 2.05) is 0 Å². The van der Waals surface area contributed by atoms with E-state index in [2.05, 4.69) is 10.3 Å². The van der Waals surface area contributed by atoms with E-state index in [1.54, 1.807) is 6.07 Å². The van der Waals surface area contributed by atoms with Crippen LogP contribution in [0.3, 0.4) is 0 Å². The quantitative estimate of drug-likeness (QED) is 0.481. The van der Waals surface area contributed by atoms with Gasteiger partial charge in [-0.1, -0.05) is 0 Å². The molecule has 4 rings (SSSR count). The van der Waals surface area contributed by atoms with Crippen molar-refractivity contribution in [2.45, 2.75) is 31.3 Å². The van der Waals surface area contributed by atoms with Gasteiger partial charge in [0.15, 0.2) is 17.5 Å². The summed E-state index contributed by atoms with van der Waals surface area (Å²) in [6.07, 6.45) is 2.98. The highest BCUT2D eigenvalue weighted by Crippen LogP contribution is 2.44. The van der Waals surface area contributed by atoms with Crippen molar-refractivity contribution in [1.29, 1.82) is 0 Å². The standard InChI is InChI=1S/C17H13F4N3O/c18-11-2-3-12(15(20)14(11)19)23-17(25)24-8-1-4-13(24)9-5-6-22-16(21)10(9)7-8/h2-3,5-6,8,13H,1,4,7H2,(H,23,25). The highest BCUT2D eigenvalue weighted by Gasteiger charge is 2.43. The van der Waals surface area contributed by atoms with Crippen LogP contribution in [0.1, 0.15) is 30.0 Å². The topological polar surface area (TPSA) is 45.2 Å². The van der Waals surface area contributed by atoms with Crippen LogP contribution in [0.15, 0.2) is 24.4 Å². The molecule has 130 valence electrons. The van der Waals surface area contributed by atoms with Crippen molar-refractivity contribution in [2.24, 2.45) is 0 Å². The highest BCUT2D eigenvalue weighted by molar-refractivity contribution is 5.90. The first-order valence-electron chi connectivity index (χ1n) is 7.83.